The summed E-state index contributed by atoms with van der Waals surface area (Å²) in [6.07, 6.45) is 7.93. The van der Waals surface area contributed by atoms with Crippen molar-refractivity contribution in [3.8, 4) is 0 Å². The molecule has 1 aliphatic rings. The summed E-state index contributed by atoms with van der Waals surface area (Å²) in [6.45, 7) is 3.01. The van der Waals surface area contributed by atoms with Crippen molar-refractivity contribution in [2.75, 3.05) is 5.75 Å². The minimum absolute atomic E-state index is 0.241. The van der Waals surface area contributed by atoms with Gasteiger partial charge in [-0.3, -0.25) is 16.0 Å². The fourth-order valence-electron chi connectivity index (χ4n) is 2.16. The Morgan fingerprint density at radius 2 is 2.56 bits per heavy atom. The predicted molar refractivity (Wildman–Crippen MR) is 68.1 cm³/mol. The van der Waals surface area contributed by atoms with Gasteiger partial charge in [0.2, 0.25) is 0 Å². The van der Waals surface area contributed by atoms with Crippen LogP contribution < -0.4 is 11.3 Å². The Hall–Kier alpha value is -0.520. The average molecular weight is 240 g/mol. The van der Waals surface area contributed by atoms with Crippen LogP contribution in [0.2, 0.25) is 0 Å². The molecule has 1 saturated heterocycles. The standard InChI is InChI=1S/C11H20N4S/c1-2-15-8-9(7-13-15)11(14-12)10-5-3-4-6-16-10/h7-8,10-11,14H,2-6,12H2,1H3. The second kappa shape index (κ2) is 5.70. The highest BCUT2D eigenvalue weighted by Crippen LogP contribution is 2.34. The first-order chi connectivity index (χ1) is 7.85. The van der Waals surface area contributed by atoms with E-state index in [1.807, 2.05) is 22.6 Å². The van der Waals surface area contributed by atoms with Crippen LogP contribution in [0.25, 0.3) is 0 Å². The summed E-state index contributed by atoms with van der Waals surface area (Å²) in [5.74, 6) is 6.94. The maximum absolute atomic E-state index is 5.69. The predicted octanol–water partition coefficient (Wildman–Crippen LogP) is 1.69. The van der Waals surface area contributed by atoms with Crippen molar-refractivity contribution < 1.29 is 0 Å². The number of aromatic nitrogens is 2. The molecule has 3 N–H and O–H groups in total. The van der Waals surface area contributed by atoms with Crippen LogP contribution in [0.3, 0.4) is 0 Å². The number of hydrogen-bond donors (Lipinski definition) is 2. The summed E-state index contributed by atoms with van der Waals surface area (Å²) >= 11 is 2.03. The molecular weight excluding hydrogens is 220 g/mol. The highest BCUT2D eigenvalue weighted by atomic mass is 32.2. The van der Waals surface area contributed by atoms with Crippen LogP contribution in [0, 0.1) is 0 Å². The Morgan fingerprint density at radius 1 is 1.69 bits per heavy atom. The summed E-state index contributed by atoms with van der Waals surface area (Å²) in [6, 6.07) is 0.241. The molecule has 2 rings (SSSR count). The van der Waals surface area contributed by atoms with Crippen LogP contribution in [0.5, 0.6) is 0 Å². The lowest BCUT2D eigenvalue weighted by Crippen LogP contribution is -2.36. The van der Waals surface area contributed by atoms with Gasteiger partial charge in [0.25, 0.3) is 0 Å². The monoisotopic (exact) mass is 240 g/mol. The number of aryl methyl sites for hydroxylation is 1. The van der Waals surface area contributed by atoms with E-state index in [2.05, 4.69) is 23.6 Å². The Morgan fingerprint density at radius 3 is 3.12 bits per heavy atom. The molecule has 90 valence electrons. The van der Waals surface area contributed by atoms with E-state index in [1.54, 1.807) is 0 Å². The molecule has 16 heavy (non-hydrogen) atoms. The second-order valence-corrected chi connectivity index (χ2v) is 5.53. The van der Waals surface area contributed by atoms with Gasteiger partial charge in [0.1, 0.15) is 0 Å². The smallest absolute Gasteiger partial charge is 0.0609 e. The normalized spacial score (nSPS) is 23.2. The Balaban J connectivity index is 2.08. The highest BCUT2D eigenvalue weighted by molar-refractivity contribution is 8.00. The van der Waals surface area contributed by atoms with Gasteiger partial charge >= 0.3 is 0 Å². The highest BCUT2D eigenvalue weighted by Gasteiger charge is 2.25. The zero-order valence-electron chi connectivity index (χ0n) is 9.72. The Bertz CT molecular complexity index is 320. The largest absolute Gasteiger partial charge is 0.273 e. The van der Waals surface area contributed by atoms with Crippen molar-refractivity contribution in [3.05, 3.63) is 18.0 Å². The lowest BCUT2D eigenvalue weighted by Gasteiger charge is -2.28. The van der Waals surface area contributed by atoms with E-state index >= 15 is 0 Å². The van der Waals surface area contributed by atoms with Crippen molar-refractivity contribution in [1.82, 2.24) is 15.2 Å². The van der Waals surface area contributed by atoms with Crippen molar-refractivity contribution in [1.29, 1.82) is 0 Å². The van der Waals surface area contributed by atoms with Gasteiger partial charge in [-0.25, -0.2) is 0 Å². The third-order valence-corrected chi connectivity index (χ3v) is 4.56. The molecule has 1 aromatic heterocycles. The first kappa shape index (κ1) is 12.0. The van der Waals surface area contributed by atoms with Crippen LogP contribution in [0.4, 0.5) is 0 Å². The molecule has 2 heterocycles. The summed E-state index contributed by atoms with van der Waals surface area (Å²) in [7, 11) is 0. The molecule has 0 amide bonds. The zero-order valence-corrected chi connectivity index (χ0v) is 10.5. The van der Waals surface area contributed by atoms with Gasteiger partial charge in [-0.05, 0) is 25.5 Å². The van der Waals surface area contributed by atoms with Crippen LogP contribution in [0.15, 0.2) is 12.4 Å². The van der Waals surface area contributed by atoms with Gasteiger partial charge in [-0.2, -0.15) is 16.9 Å². The molecule has 2 atom stereocenters. The number of hydrogen-bond acceptors (Lipinski definition) is 4. The molecule has 0 aromatic carbocycles. The average Bonchev–Trinajstić information content (AvgIpc) is 2.80. The summed E-state index contributed by atoms with van der Waals surface area (Å²) in [5, 5.41) is 4.90. The molecule has 1 aromatic rings. The lowest BCUT2D eigenvalue weighted by molar-refractivity contribution is 0.491. The summed E-state index contributed by atoms with van der Waals surface area (Å²) in [5.41, 5.74) is 4.16. The van der Waals surface area contributed by atoms with Gasteiger partial charge in [-0.15, -0.1) is 0 Å². The summed E-state index contributed by atoms with van der Waals surface area (Å²) in [4.78, 5) is 0. The number of nitrogens with one attached hydrogen (secondary N) is 1. The quantitative estimate of drug-likeness (QED) is 0.621. The number of hydrazine groups is 1. The van der Waals surface area contributed by atoms with Crippen LogP contribution in [0.1, 0.15) is 37.8 Å². The first-order valence-electron chi connectivity index (χ1n) is 5.95. The molecule has 0 aliphatic carbocycles. The Labute approximate surface area is 101 Å². The molecule has 5 heteroatoms. The van der Waals surface area contributed by atoms with Gasteiger partial charge in [0.05, 0.1) is 12.2 Å². The Kier molecular flexibility index (Phi) is 4.26. The molecule has 4 nitrogen and oxygen atoms in total. The lowest BCUT2D eigenvalue weighted by atomic mass is 10.0. The third-order valence-electron chi connectivity index (χ3n) is 3.10. The molecule has 1 aliphatic heterocycles. The number of nitrogens with zero attached hydrogens (tertiary/aromatic N) is 2. The number of rotatable bonds is 4. The molecule has 0 bridgehead atoms. The SMILES string of the molecule is CCn1cc(C(NN)C2CCCCS2)cn1. The minimum atomic E-state index is 0.241. The minimum Gasteiger partial charge on any atom is -0.273 e. The number of nitrogens with two attached hydrogens (primary N) is 1. The van der Waals surface area contributed by atoms with Crippen molar-refractivity contribution in [2.24, 2.45) is 5.84 Å². The van der Waals surface area contributed by atoms with Crippen LogP contribution in [-0.4, -0.2) is 20.8 Å². The second-order valence-electron chi connectivity index (χ2n) is 4.18. The first-order valence-corrected chi connectivity index (χ1v) is 7.00. The fraction of sp³-hybridized carbons (Fsp3) is 0.727. The molecule has 2 unspecified atom stereocenters. The fourth-order valence-corrected chi connectivity index (χ4v) is 3.59. The summed E-state index contributed by atoms with van der Waals surface area (Å²) < 4.78 is 1.95. The van der Waals surface area contributed by atoms with Crippen LogP contribution >= 0.6 is 11.8 Å². The zero-order chi connectivity index (χ0) is 11.4. The van der Waals surface area contributed by atoms with Crippen LogP contribution in [-0.2, 0) is 6.54 Å². The van der Waals surface area contributed by atoms with E-state index in [-0.39, 0.29) is 6.04 Å². The van der Waals surface area contributed by atoms with Crippen molar-refractivity contribution in [2.45, 2.75) is 44.0 Å². The number of thioether (sulfide) groups is 1. The van der Waals surface area contributed by atoms with E-state index in [0.717, 1.165) is 6.54 Å². The van der Waals surface area contributed by atoms with E-state index in [0.29, 0.717) is 5.25 Å². The van der Waals surface area contributed by atoms with E-state index in [4.69, 9.17) is 5.84 Å². The molecule has 0 radical (unpaired) electrons. The molecule has 0 spiro atoms. The van der Waals surface area contributed by atoms with E-state index < -0.39 is 0 Å². The van der Waals surface area contributed by atoms with Gasteiger partial charge in [0.15, 0.2) is 0 Å². The topological polar surface area (TPSA) is 55.9 Å². The van der Waals surface area contributed by atoms with Gasteiger partial charge in [0, 0.05) is 23.6 Å². The maximum atomic E-state index is 5.69. The third kappa shape index (κ3) is 2.59. The van der Waals surface area contributed by atoms with Gasteiger partial charge in [-0.1, -0.05) is 6.42 Å². The van der Waals surface area contributed by atoms with Gasteiger partial charge < -0.3 is 0 Å². The van der Waals surface area contributed by atoms with E-state index in [1.165, 1.54) is 30.6 Å². The van der Waals surface area contributed by atoms with Crippen molar-refractivity contribution in [3.63, 3.8) is 0 Å². The maximum Gasteiger partial charge on any atom is 0.0609 e. The van der Waals surface area contributed by atoms with E-state index in [9.17, 15) is 0 Å². The molecule has 0 saturated carbocycles. The van der Waals surface area contributed by atoms with Crippen molar-refractivity contribution >= 4 is 11.8 Å². The molecular formula is C11H20N4S. The molecule has 1 fully saturated rings.